The van der Waals surface area contributed by atoms with Crippen LogP contribution in [-0.4, -0.2) is 16.6 Å². The molecule has 0 rings (SSSR count). The van der Waals surface area contributed by atoms with Crippen molar-refractivity contribution in [1.82, 2.24) is 0 Å². The van der Waals surface area contributed by atoms with Gasteiger partial charge in [0.25, 0.3) is 0 Å². The van der Waals surface area contributed by atoms with Gasteiger partial charge in [-0.2, -0.15) is 5.26 Å². The van der Waals surface area contributed by atoms with Crippen molar-refractivity contribution in [2.75, 3.05) is 12.5 Å². The molecular weight excluding hydrogens is 222 g/mol. The standard InChI is InChI=1S/C12H21NS2/c1-5-7-8-9-11(6-2)12(10-13,14-3)15-4/h8-9,11H,5-7H2,1-4H3/b9-8+. The van der Waals surface area contributed by atoms with Gasteiger partial charge >= 0.3 is 0 Å². The van der Waals surface area contributed by atoms with Crippen LogP contribution in [0.1, 0.15) is 33.1 Å². The lowest BCUT2D eigenvalue weighted by Crippen LogP contribution is -2.27. The third kappa shape index (κ3) is 4.12. The molecule has 0 spiro atoms. The van der Waals surface area contributed by atoms with Gasteiger partial charge < -0.3 is 0 Å². The second-order valence-corrected chi connectivity index (χ2v) is 5.78. The number of nitrogens with zero attached hydrogens (tertiary/aromatic N) is 1. The van der Waals surface area contributed by atoms with E-state index in [0.717, 1.165) is 12.8 Å². The molecule has 0 saturated heterocycles. The van der Waals surface area contributed by atoms with Crippen LogP contribution in [0.5, 0.6) is 0 Å². The van der Waals surface area contributed by atoms with Crippen LogP contribution >= 0.6 is 23.5 Å². The molecule has 1 unspecified atom stereocenters. The van der Waals surface area contributed by atoms with Crippen LogP contribution in [0.2, 0.25) is 0 Å². The minimum atomic E-state index is -0.307. The van der Waals surface area contributed by atoms with Crippen molar-refractivity contribution < 1.29 is 0 Å². The Morgan fingerprint density at radius 3 is 2.27 bits per heavy atom. The zero-order chi connectivity index (χ0) is 11.7. The number of allylic oxidation sites excluding steroid dienone is 2. The van der Waals surface area contributed by atoms with Gasteiger partial charge in [0.2, 0.25) is 0 Å². The lowest BCUT2D eigenvalue weighted by atomic mass is 10.0. The Morgan fingerprint density at radius 2 is 1.93 bits per heavy atom. The van der Waals surface area contributed by atoms with Crippen molar-refractivity contribution >= 4 is 23.5 Å². The first-order valence-corrected chi connectivity index (χ1v) is 7.83. The van der Waals surface area contributed by atoms with Crippen LogP contribution < -0.4 is 0 Å². The molecule has 0 heterocycles. The Balaban J connectivity index is 4.68. The van der Waals surface area contributed by atoms with Crippen LogP contribution in [0, 0.1) is 17.2 Å². The van der Waals surface area contributed by atoms with Crippen molar-refractivity contribution in [3.63, 3.8) is 0 Å². The predicted octanol–water partition coefficient (Wildman–Crippen LogP) is 4.31. The van der Waals surface area contributed by atoms with E-state index < -0.39 is 0 Å². The quantitative estimate of drug-likeness (QED) is 0.491. The Labute approximate surface area is 103 Å². The molecule has 1 nitrogen and oxygen atoms in total. The number of rotatable bonds is 7. The molecule has 15 heavy (non-hydrogen) atoms. The van der Waals surface area contributed by atoms with Gasteiger partial charge in [0, 0.05) is 5.92 Å². The Bertz CT molecular complexity index is 226. The fourth-order valence-corrected chi connectivity index (χ4v) is 3.46. The summed E-state index contributed by atoms with van der Waals surface area (Å²) in [7, 11) is 0. The highest BCUT2D eigenvalue weighted by molar-refractivity contribution is 8.18. The molecule has 3 heteroatoms. The average molecular weight is 243 g/mol. The predicted molar refractivity (Wildman–Crippen MR) is 73.2 cm³/mol. The zero-order valence-electron chi connectivity index (χ0n) is 10.1. The van der Waals surface area contributed by atoms with Gasteiger partial charge in [0.15, 0.2) is 4.08 Å². The molecule has 0 aromatic rings. The van der Waals surface area contributed by atoms with Crippen LogP contribution in [0.25, 0.3) is 0 Å². The fraction of sp³-hybridized carbons (Fsp3) is 0.750. The van der Waals surface area contributed by atoms with Crippen molar-refractivity contribution in [2.45, 2.75) is 37.2 Å². The molecule has 86 valence electrons. The number of hydrogen-bond donors (Lipinski definition) is 0. The molecule has 1 atom stereocenters. The SMILES string of the molecule is CCC/C=C/C(CC)C(C#N)(SC)SC. The van der Waals surface area contributed by atoms with E-state index in [-0.39, 0.29) is 4.08 Å². The highest BCUT2D eigenvalue weighted by Crippen LogP contribution is 2.42. The third-order valence-corrected chi connectivity index (χ3v) is 5.52. The van der Waals surface area contributed by atoms with Crippen molar-refractivity contribution in [3.8, 4) is 6.07 Å². The highest BCUT2D eigenvalue weighted by atomic mass is 32.2. The summed E-state index contributed by atoms with van der Waals surface area (Å²) < 4.78 is -0.307. The maximum absolute atomic E-state index is 9.31. The van der Waals surface area contributed by atoms with Gasteiger partial charge in [0.05, 0.1) is 6.07 Å². The smallest absolute Gasteiger partial charge is 0.153 e. The van der Waals surface area contributed by atoms with Gasteiger partial charge in [-0.3, -0.25) is 0 Å². The first kappa shape index (κ1) is 14.9. The number of hydrogen-bond acceptors (Lipinski definition) is 3. The van der Waals surface area contributed by atoms with Crippen LogP contribution in [0.3, 0.4) is 0 Å². The maximum atomic E-state index is 9.31. The number of thioether (sulfide) groups is 2. The van der Waals surface area contributed by atoms with E-state index in [1.54, 1.807) is 23.5 Å². The van der Waals surface area contributed by atoms with E-state index in [4.69, 9.17) is 0 Å². The molecule has 0 aromatic carbocycles. The molecule has 0 aliphatic heterocycles. The zero-order valence-corrected chi connectivity index (χ0v) is 11.8. The maximum Gasteiger partial charge on any atom is 0.153 e. The molecule has 0 aliphatic rings. The monoisotopic (exact) mass is 243 g/mol. The van der Waals surface area contributed by atoms with Gasteiger partial charge in [-0.1, -0.05) is 32.4 Å². The van der Waals surface area contributed by atoms with Crippen LogP contribution in [0.15, 0.2) is 12.2 Å². The van der Waals surface area contributed by atoms with E-state index in [1.165, 1.54) is 6.42 Å². The summed E-state index contributed by atoms with van der Waals surface area (Å²) in [4.78, 5) is 0. The van der Waals surface area contributed by atoms with Crippen LogP contribution in [0.4, 0.5) is 0 Å². The summed E-state index contributed by atoms with van der Waals surface area (Å²) in [6, 6.07) is 2.47. The Morgan fingerprint density at radius 1 is 1.33 bits per heavy atom. The molecule has 0 amide bonds. The molecule has 0 N–H and O–H groups in total. The lowest BCUT2D eigenvalue weighted by Gasteiger charge is -2.29. The molecule has 0 aliphatic carbocycles. The summed E-state index contributed by atoms with van der Waals surface area (Å²) in [6.07, 6.45) is 11.8. The molecule has 0 bridgehead atoms. The van der Waals surface area contributed by atoms with Gasteiger partial charge in [-0.25, -0.2) is 0 Å². The molecular formula is C12H21NS2. The minimum absolute atomic E-state index is 0.307. The Hall–Kier alpha value is -0.0700. The van der Waals surface area contributed by atoms with E-state index in [9.17, 15) is 5.26 Å². The third-order valence-electron chi connectivity index (χ3n) is 2.51. The normalized spacial score (nSPS) is 14.1. The number of unbranched alkanes of at least 4 members (excludes halogenated alkanes) is 1. The summed E-state index contributed by atoms with van der Waals surface area (Å²) >= 11 is 3.32. The largest absolute Gasteiger partial charge is 0.196 e. The fourth-order valence-electron chi connectivity index (χ4n) is 1.52. The topological polar surface area (TPSA) is 23.8 Å². The molecule has 0 fully saturated rings. The van der Waals surface area contributed by atoms with Crippen molar-refractivity contribution in [1.29, 1.82) is 5.26 Å². The summed E-state index contributed by atoms with van der Waals surface area (Å²) in [6.45, 7) is 4.32. The van der Waals surface area contributed by atoms with E-state index in [0.29, 0.717) is 5.92 Å². The van der Waals surface area contributed by atoms with E-state index >= 15 is 0 Å². The second-order valence-electron chi connectivity index (χ2n) is 3.42. The van der Waals surface area contributed by atoms with Crippen molar-refractivity contribution in [2.24, 2.45) is 5.92 Å². The summed E-state index contributed by atoms with van der Waals surface area (Å²) in [5.41, 5.74) is 0. The van der Waals surface area contributed by atoms with E-state index in [1.807, 2.05) is 12.5 Å². The summed E-state index contributed by atoms with van der Waals surface area (Å²) in [5, 5.41) is 9.31. The first-order valence-electron chi connectivity index (χ1n) is 5.38. The molecule has 0 aromatic heterocycles. The van der Waals surface area contributed by atoms with Gasteiger partial charge in [-0.05, 0) is 25.4 Å². The first-order chi connectivity index (χ1) is 7.20. The lowest BCUT2D eigenvalue weighted by molar-refractivity contribution is 0.626. The molecule has 0 saturated carbocycles. The minimum Gasteiger partial charge on any atom is -0.196 e. The highest BCUT2D eigenvalue weighted by Gasteiger charge is 2.35. The average Bonchev–Trinajstić information content (AvgIpc) is 2.29. The van der Waals surface area contributed by atoms with Gasteiger partial charge in [-0.15, -0.1) is 23.5 Å². The second kappa shape index (κ2) is 8.13. The molecule has 0 radical (unpaired) electrons. The van der Waals surface area contributed by atoms with Crippen molar-refractivity contribution in [3.05, 3.63) is 12.2 Å². The van der Waals surface area contributed by atoms with Crippen LogP contribution in [-0.2, 0) is 0 Å². The van der Waals surface area contributed by atoms with Gasteiger partial charge in [0.1, 0.15) is 0 Å². The van der Waals surface area contributed by atoms with E-state index in [2.05, 4.69) is 32.1 Å². The number of nitriles is 1. The Kier molecular flexibility index (Phi) is 8.09. The summed E-state index contributed by atoms with van der Waals surface area (Å²) in [5.74, 6) is 0.346.